The zero-order valence-electron chi connectivity index (χ0n) is 10.7. The highest BCUT2D eigenvalue weighted by Crippen LogP contribution is 2.25. The van der Waals surface area contributed by atoms with Crippen LogP contribution in [0.4, 0.5) is 0 Å². The van der Waals surface area contributed by atoms with E-state index in [-0.39, 0.29) is 11.4 Å². The smallest absolute Gasteiger partial charge is 0.240 e. The van der Waals surface area contributed by atoms with E-state index in [4.69, 9.17) is 11.6 Å². The van der Waals surface area contributed by atoms with Crippen LogP contribution in [0, 0.1) is 0 Å². The third-order valence-corrected chi connectivity index (χ3v) is 5.52. The summed E-state index contributed by atoms with van der Waals surface area (Å²) in [6.07, 6.45) is 0. The van der Waals surface area contributed by atoms with Crippen molar-refractivity contribution >= 4 is 33.0 Å². The molecular formula is C13H14ClNO3S2. The van der Waals surface area contributed by atoms with Crippen LogP contribution < -0.4 is 4.72 Å². The van der Waals surface area contributed by atoms with Gasteiger partial charge < -0.3 is 5.11 Å². The number of aliphatic hydroxyl groups is 1. The van der Waals surface area contributed by atoms with Crippen LogP contribution in [0.5, 0.6) is 0 Å². The average Bonchev–Trinajstić information content (AvgIpc) is 2.91. The van der Waals surface area contributed by atoms with Crippen LogP contribution in [0.1, 0.15) is 11.8 Å². The molecule has 1 heterocycles. The first-order valence-electron chi connectivity index (χ1n) is 5.83. The zero-order valence-corrected chi connectivity index (χ0v) is 13.1. The van der Waals surface area contributed by atoms with Gasteiger partial charge >= 0.3 is 0 Å². The minimum atomic E-state index is -3.70. The fourth-order valence-corrected chi connectivity index (χ4v) is 3.84. The van der Waals surface area contributed by atoms with Gasteiger partial charge in [0.2, 0.25) is 10.0 Å². The first-order chi connectivity index (χ1) is 9.31. The first-order valence-corrected chi connectivity index (χ1v) is 8.57. The minimum absolute atomic E-state index is 0.0759. The molecule has 1 atom stereocenters. The Hall–Kier alpha value is -0.920. The average molecular weight is 332 g/mol. The molecule has 7 heteroatoms. The first kappa shape index (κ1) is 15.5. The van der Waals surface area contributed by atoms with Gasteiger partial charge in [-0.1, -0.05) is 23.7 Å². The Morgan fingerprint density at radius 2 is 2.10 bits per heavy atom. The van der Waals surface area contributed by atoms with E-state index in [1.807, 2.05) is 5.38 Å². The number of sulfonamides is 1. The van der Waals surface area contributed by atoms with Gasteiger partial charge in [-0.15, -0.1) is 11.3 Å². The predicted molar refractivity (Wildman–Crippen MR) is 80.5 cm³/mol. The molecule has 1 unspecified atom stereocenters. The number of thiophene rings is 1. The fourth-order valence-electron chi connectivity index (χ4n) is 1.63. The van der Waals surface area contributed by atoms with Crippen LogP contribution in [-0.4, -0.2) is 20.1 Å². The van der Waals surface area contributed by atoms with Gasteiger partial charge in [-0.3, -0.25) is 0 Å². The van der Waals surface area contributed by atoms with Crippen molar-refractivity contribution in [3.8, 4) is 0 Å². The molecule has 0 saturated carbocycles. The van der Waals surface area contributed by atoms with Crippen LogP contribution in [-0.2, 0) is 15.6 Å². The Kier molecular flexibility index (Phi) is 4.51. The molecule has 0 aliphatic rings. The molecule has 1 aromatic heterocycles. The number of benzene rings is 1. The Morgan fingerprint density at radius 1 is 1.35 bits per heavy atom. The molecule has 20 heavy (non-hydrogen) atoms. The van der Waals surface area contributed by atoms with Gasteiger partial charge in [-0.05, 0) is 36.6 Å². The molecule has 0 spiro atoms. The second-order valence-electron chi connectivity index (χ2n) is 4.53. The van der Waals surface area contributed by atoms with Crippen LogP contribution in [0.25, 0.3) is 0 Å². The molecule has 0 amide bonds. The Labute approximate surface area is 127 Å². The summed E-state index contributed by atoms with van der Waals surface area (Å²) in [4.78, 5) is 0.776. The summed E-state index contributed by atoms with van der Waals surface area (Å²) in [5.74, 6) is 0. The lowest BCUT2D eigenvalue weighted by Gasteiger charge is -2.22. The van der Waals surface area contributed by atoms with E-state index < -0.39 is 15.6 Å². The maximum atomic E-state index is 12.1. The quantitative estimate of drug-likeness (QED) is 0.885. The van der Waals surface area contributed by atoms with Gasteiger partial charge in [0.05, 0.1) is 4.90 Å². The van der Waals surface area contributed by atoms with Crippen molar-refractivity contribution in [2.45, 2.75) is 17.4 Å². The monoisotopic (exact) mass is 331 g/mol. The second kappa shape index (κ2) is 5.83. The summed E-state index contributed by atoms with van der Waals surface area (Å²) in [5, 5.41) is 12.5. The van der Waals surface area contributed by atoms with Gasteiger partial charge in [0.15, 0.2) is 0 Å². The zero-order chi connectivity index (χ0) is 14.8. The highest BCUT2D eigenvalue weighted by Gasteiger charge is 2.27. The van der Waals surface area contributed by atoms with E-state index in [0.29, 0.717) is 9.90 Å². The van der Waals surface area contributed by atoms with Gasteiger partial charge in [0, 0.05) is 16.4 Å². The lowest BCUT2D eigenvalue weighted by atomic mass is 10.1. The van der Waals surface area contributed by atoms with Gasteiger partial charge in [-0.2, -0.15) is 0 Å². The highest BCUT2D eigenvalue weighted by molar-refractivity contribution is 7.89. The number of halogens is 1. The molecule has 2 N–H and O–H groups in total. The third-order valence-electron chi connectivity index (χ3n) is 2.76. The molecule has 108 valence electrons. The molecule has 2 aromatic rings. The van der Waals surface area contributed by atoms with Crippen molar-refractivity contribution in [1.29, 1.82) is 0 Å². The Bertz CT molecular complexity index is 681. The van der Waals surface area contributed by atoms with Crippen LogP contribution >= 0.6 is 22.9 Å². The van der Waals surface area contributed by atoms with Crippen molar-refractivity contribution in [2.75, 3.05) is 6.54 Å². The van der Waals surface area contributed by atoms with E-state index in [1.165, 1.54) is 23.5 Å². The van der Waals surface area contributed by atoms with E-state index in [2.05, 4.69) is 4.72 Å². The standard InChI is InChI=1S/C13H14ClNO3S2/c1-13(16,12-6-3-7-19-12)9-15-20(17,18)11-5-2-4-10(14)8-11/h2-8,15-16H,9H2,1H3. The molecule has 0 aliphatic heterocycles. The van der Waals surface area contributed by atoms with Crippen LogP contribution in [0.15, 0.2) is 46.7 Å². The number of rotatable bonds is 5. The van der Waals surface area contributed by atoms with Gasteiger partial charge in [0.1, 0.15) is 5.60 Å². The Morgan fingerprint density at radius 3 is 2.70 bits per heavy atom. The van der Waals surface area contributed by atoms with Gasteiger partial charge in [-0.25, -0.2) is 13.1 Å². The summed E-state index contributed by atoms with van der Waals surface area (Å²) in [7, 11) is -3.70. The summed E-state index contributed by atoms with van der Waals surface area (Å²) in [5.41, 5.74) is -1.25. The van der Waals surface area contributed by atoms with Crippen molar-refractivity contribution in [3.05, 3.63) is 51.7 Å². The van der Waals surface area contributed by atoms with Crippen molar-refractivity contribution in [1.82, 2.24) is 4.72 Å². The van der Waals surface area contributed by atoms with Crippen molar-refractivity contribution in [3.63, 3.8) is 0 Å². The van der Waals surface area contributed by atoms with Gasteiger partial charge in [0.25, 0.3) is 0 Å². The fraction of sp³-hybridized carbons (Fsp3) is 0.231. The van der Waals surface area contributed by atoms with Crippen molar-refractivity contribution < 1.29 is 13.5 Å². The SMILES string of the molecule is CC(O)(CNS(=O)(=O)c1cccc(Cl)c1)c1cccs1. The molecule has 0 radical (unpaired) electrons. The topological polar surface area (TPSA) is 66.4 Å². The second-order valence-corrected chi connectivity index (χ2v) is 7.68. The van der Waals surface area contributed by atoms with E-state index >= 15 is 0 Å². The summed E-state index contributed by atoms with van der Waals surface area (Å²) >= 11 is 7.16. The molecule has 0 saturated heterocycles. The molecule has 0 bridgehead atoms. The lowest BCUT2D eigenvalue weighted by Crippen LogP contribution is -2.38. The summed E-state index contributed by atoms with van der Waals surface area (Å²) < 4.78 is 26.6. The molecule has 1 aromatic carbocycles. The molecule has 0 fully saturated rings. The van der Waals surface area contributed by atoms with Crippen molar-refractivity contribution in [2.24, 2.45) is 0 Å². The molecule has 2 rings (SSSR count). The number of nitrogens with one attached hydrogen (secondary N) is 1. The number of hydrogen-bond acceptors (Lipinski definition) is 4. The van der Waals surface area contributed by atoms with Crippen LogP contribution in [0.3, 0.4) is 0 Å². The summed E-state index contributed by atoms with van der Waals surface area (Å²) in [6, 6.07) is 9.55. The lowest BCUT2D eigenvalue weighted by molar-refractivity contribution is 0.0666. The van der Waals surface area contributed by atoms with E-state index in [1.54, 1.807) is 31.2 Å². The number of hydrogen-bond donors (Lipinski definition) is 2. The maximum absolute atomic E-state index is 12.1. The van der Waals surface area contributed by atoms with Crippen LogP contribution in [0.2, 0.25) is 5.02 Å². The molecule has 4 nitrogen and oxygen atoms in total. The minimum Gasteiger partial charge on any atom is -0.383 e. The molecule has 0 aliphatic carbocycles. The third kappa shape index (κ3) is 3.59. The highest BCUT2D eigenvalue weighted by atomic mass is 35.5. The summed E-state index contributed by atoms with van der Waals surface area (Å²) in [6.45, 7) is 1.46. The van der Waals surface area contributed by atoms with E-state index in [0.717, 1.165) is 0 Å². The molecular weight excluding hydrogens is 318 g/mol. The maximum Gasteiger partial charge on any atom is 0.240 e. The largest absolute Gasteiger partial charge is 0.383 e. The van der Waals surface area contributed by atoms with E-state index in [9.17, 15) is 13.5 Å². The predicted octanol–water partition coefficient (Wildman–Crippen LogP) is 2.59. The Balaban J connectivity index is 2.14. The normalized spacial score (nSPS) is 14.9.